The number of ether oxygens (including phenoxy) is 1. The van der Waals surface area contributed by atoms with Crippen LogP contribution < -0.4 is 22.1 Å². The molecule has 6 N–H and O–H groups in total. The number of nitrogens with two attached hydrogens (primary N) is 2. The van der Waals surface area contributed by atoms with Crippen molar-refractivity contribution in [1.29, 1.82) is 0 Å². The van der Waals surface area contributed by atoms with E-state index in [0.717, 1.165) is 16.6 Å². The van der Waals surface area contributed by atoms with E-state index in [1.54, 1.807) is 16.8 Å². The van der Waals surface area contributed by atoms with Gasteiger partial charge in [-0.15, -0.1) is 21.5 Å². The van der Waals surface area contributed by atoms with Crippen molar-refractivity contribution in [3.05, 3.63) is 29.4 Å². The molecule has 0 spiro atoms. The van der Waals surface area contributed by atoms with Crippen LogP contribution in [0.1, 0.15) is 16.9 Å². The van der Waals surface area contributed by atoms with Crippen molar-refractivity contribution in [1.82, 2.24) is 20.2 Å². The van der Waals surface area contributed by atoms with Crippen molar-refractivity contribution >= 4 is 44.9 Å². The van der Waals surface area contributed by atoms with Gasteiger partial charge in [0.1, 0.15) is 0 Å². The summed E-state index contributed by atoms with van der Waals surface area (Å²) in [5.74, 6) is -0.239. The maximum absolute atomic E-state index is 11.7. The predicted molar refractivity (Wildman–Crippen MR) is 102 cm³/mol. The van der Waals surface area contributed by atoms with Gasteiger partial charge in [0, 0.05) is 24.4 Å². The van der Waals surface area contributed by atoms with E-state index < -0.39 is 5.91 Å². The average Bonchev–Trinajstić information content (AvgIpc) is 3.11. The molecule has 1 aliphatic heterocycles. The Kier molecular flexibility index (Phi) is 4.79. The molecular weight excluding hydrogens is 368 g/mol. The zero-order valence-corrected chi connectivity index (χ0v) is 15.1. The lowest BCUT2D eigenvalue weighted by atomic mass is 10.1. The number of hydrogen-bond acceptors (Lipinski definition) is 10. The second kappa shape index (κ2) is 7.39. The monoisotopic (exact) mass is 386 g/mol. The maximum atomic E-state index is 11.7. The molecule has 1 amide bonds. The molecule has 3 aromatic rings. The molecule has 1 saturated heterocycles. The fourth-order valence-electron chi connectivity index (χ4n) is 2.82. The van der Waals surface area contributed by atoms with E-state index in [-0.39, 0.29) is 29.5 Å². The van der Waals surface area contributed by atoms with Crippen LogP contribution in [0.5, 0.6) is 0 Å². The van der Waals surface area contributed by atoms with E-state index in [0.29, 0.717) is 18.9 Å². The van der Waals surface area contributed by atoms with Crippen LogP contribution in [0.4, 0.5) is 17.5 Å². The molecule has 2 atom stereocenters. The third kappa shape index (κ3) is 3.79. The van der Waals surface area contributed by atoms with Gasteiger partial charge >= 0.3 is 0 Å². The van der Waals surface area contributed by atoms with Crippen molar-refractivity contribution in [2.24, 2.45) is 11.5 Å². The van der Waals surface area contributed by atoms with Gasteiger partial charge in [0.2, 0.25) is 5.95 Å². The molecule has 4 rings (SSSR count). The molecule has 140 valence electrons. The van der Waals surface area contributed by atoms with Gasteiger partial charge in [-0.05, 0) is 24.6 Å². The summed E-state index contributed by atoms with van der Waals surface area (Å²) in [7, 11) is 0. The highest BCUT2D eigenvalue weighted by atomic mass is 32.1. The normalized spacial score (nSPS) is 19.7. The first kappa shape index (κ1) is 17.5. The molecule has 3 heterocycles. The molecule has 0 radical (unpaired) electrons. The lowest BCUT2D eigenvalue weighted by Crippen LogP contribution is -2.48. The summed E-state index contributed by atoms with van der Waals surface area (Å²) in [5, 5.41) is 14.1. The fourth-order valence-corrected chi connectivity index (χ4v) is 3.48. The lowest BCUT2D eigenvalue weighted by molar-refractivity contribution is 0.0751. The predicted octanol–water partition coefficient (Wildman–Crippen LogP) is 0.852. The Morgan fingerprint density at radius 3 is 3.04 bits per heavy atom. The number of fused-ring (bicyclic) bond motifs is 1. The summed E-state index contributed by atoms with van der Waals surface area (Å²) in [5.41, 5.74) is 14.7. The molecule has 0 aliphatic carbocycles. The summed E-state index contributed by atoms with van der Waals surface area (Å²) < 4.78 is 6.39. The topological polar surface area (TPSA) is 154 Å². The van der Waals surface area contributed by atoms with E-state index in [1.807, 2.05) is 18.2 Å². The van der Waals surface area contributed by atoms with Gasteiger partial charge < -0.3 is 26.8 Å². The van der Waals surface area contributed by atoms with Crippen molar-refractivity contribution in [2.45, 2.75) is 18.5 Å². The second-order valence-corrected chi connectivity index (χ2v) is 7.02. The number of carbonyl (C=O) groups is 1. The van der Waals surface area contributed by atoms with Crippen molar-refractivity contribution in [2.75, 3.05) is 23.8 Å². The van der Waals surface area contributed by atoms with E-state index in [2.05, 4.69) is 30.8 Å². The van der Waals surface area contributed by atoms with Crippen LogP contribution in [0.2, 0.25) is 0 Å². The molecule has 0 bridgehead atoms. The van der Waals surface area contributed by atoms with E-state index in [9.17, 15) is 4.79 Å². The number of rotatable bonds is 5. The van der Waals surface area contributed by atoms with Crippen LogP contribution >= 0.6 is 11.3 Å². The minimum atomic E-state index is -0.721. The first-order valence-electron chi connectivity index (χ1n) is 8.35. The largest absolute Gasteiger partial charge is 0.380 e. The number of anilines is 3. The van der Waals surface area contributed by atoms with Crippen LogP contribution in [0.15, 0.2) is 23.7 Å². The fraction of sp³-hybridized carbons (Fsp3) is 0.312. The van der Waals surface area contributed by atoms with Crippen molar-refractivity contribution < 1.29 is 9.53 Å². The number of hydrogen-bond donors (Lipinski definition) is 4. The number of benzene rings is 1. The minimum absolute atomic E-state index is 0.0424. The molecule has 10 nitrogen and oxygen atoms in total. The number of primary amides is 1. The highest BCUT2D eigenvalue weighted by molar-refractivity contribution is 7.16. The van der Waals surface area contributed by atoms with E-state index in [4.69, 9.17) is 16.2 Å². The lowest BCUT2D eigenvalue weighted by Gasteiger charge is -2.29. The molecule has 0 saturated carbocycles. The first-order valence-corrected chi connectivity index (χ1v) is 9.23. The standard InChI is InChI=1S/C16H18N8O2S/c17-9-6-26-4-3-10(9)21-16-22-15(13(14(18)25)23-24-16)20-8-1-2-12-11(5-8)19-7-27-12/h1-2,5,7,9-10H,3-4,6,17H2,(H2,18,25)(H2,20,21,22,24)/t9-,10+/m0/s1. The van der Waals surface area contributed by atoms with Crippen LogP contribution in [0.3, 0.4) is 0 Å². The summed E-state index contributed by atoms with van der Waals surface area (Å²) in [4.78, 5) is 20.4. The Morgan fingerprint density at radius 1 is 1.33 bits per heavy atom. The smallest absolute Gasteiger partial charge is 0.273 e. The number of thiazole rings is 1. The number of nitrogens with one attached hydrogen (secondary N) is 2. The number of aromatic nitrogens is 4. The third-order valence-electron chi connectivity index (χ3n) is 4.23. The Labute approximate surface area is 158 Å². The summed E-state index contributed by atoms with van der Waals surface area (Å²) in [6.07, 6.45) is 0.728. The number of nitrogens with zero attached hydrogens (tertiary/aromatic N) is 4. The molecule has 1 aliphatic rings. The van der Waals surface area contributed by atoms with Gasteiger partial charge in [-0.25, -0.2) is 4.98 Å². The average molecular weight is 386 g/mol. The molecule has 11 heteroatoms. The second-order valence-electron chi connectivity index (χ2n) is 6.14. The zero-order chi connectivity index (χ0) is 18.8. The Morgan fingerprint density at radius 2 is 2.22 bits per heavy atom. The van der Waals surface area contributed by atoms with Crippen molar-refractivity contribution in [3.8, 4) is 0 Å². The Balaban J connectivity index is 1.61. The van der Waals surface area contributed by atoms with Gasteiger partial charge in [-0.3, -0.25) is 4.79 Å². The molecule has 2 aromatic heterocycles. The van der Waals surface area contributed by atoms with Gasteiger partial charge in [0.05, 0.1) is 22.3 Å². The van der Waals surface area contributed by atoms with Crippen LogP contribution in [-0.2, 0) is 4.74 Å². The van der Waals surface area contributed by atoms with Crippen LogP contribution in [0.25, 0.3) is 10.2 Å². The Hall–Kier alpha value is -2.89. The quantitative estimate of drug-likeness (QED) is 0.499. The van der Waals surface area contributed by atoms with Crippen molar-refractivity contribution in [3.63, 3.8) is 0 Å². The molecule has 1 fully saturated rings. The van der Waals surface area contributed by atoms with Gasteiger partial charge in [0.15, 0.2) is 11.5 Å². The van der Waals surface area contributed by atoms with Gasteiger partial charge in [-0.1, -0.05) is 0 Å². The molecule has 0 unspecified atom stereocenters. The van der Waals surface area contributed by atoms with Gasteiger partial charge in [-0.2, -0.15) is 4.98 Å². The summed E-state index contributed by atoms with van der Waals surface area (Å²) in [6, 6.07) is 5.45. The highest BCUT2D eigenvalue weighted by Crippen LogP contribution is 2.24. The summed E-state index contributed by atoms with van der Waals surface area (Å²) in [6.45, 7) is 1.07. The van der Waals surface area contributed by atoms with Gasteiger partial charge in [0.25, 0.3) is 5.91 Å². The first-order chi connectivity index (χ1) is 13.1. The van der Waals surface area contributed by atoms with E-state index >= 15 is 0 Å². The SMILES string of the molecule is NC(=O)c1nnc(N[C@@H]2CCOC[C@@H]2N)nc1Nc1ccc2scnc2c1. The maximum Gasteiger partial charge on any atom is 0.273 e. The Bertz CT molecular complexity index is 978. The van der Waals surface area contributed by atoms with E-state index in [1.165, 1.54) is 0 Å². The minimum Gasteiger partial charge on any atom is -0.380 e. The molecule has 27 heavy (non-hydrogen) atoms. The van der Waals surface area contributed by atoms with Crippen LogP contribution in [0, 0.1) is 0 Å². The number of amides is 1. The molecule has 1 aromatic carbocycles. The summed E-state index contributed by atoms with van der Waals surface area (Å²) >= 11 is 1.55. The third-order valence-corrected chi connectivity index (χ3v) is 5.04. The molecular formula is C16H18N8O2S. The zero-order valence-electron chi connectivity index (χ0n) is 14.3. The van der Waals surface area contributed by atoms with Crippen LogP contribution in [-0.4, -0.2) is 51.4 Å². The highest BCUT2D eigenvalue weighted by Gasteiger charge is 2.24. The number of carbonyl (C=O) groups excluding carboxylic acids is 1.